The van der Waals surface area contributed by atoms with Crippen molar-refractivity contribution in [3.8, 4) is 0 Å². The van der Waals surface area contributed by atoms with Gasteiger partial charge < -0.3 is 14.9 Å². The van der Waals surface area contributed by atoms with Crippen molar-refractivity contribution in [1.82, 2.24) is 19.8 Å². The van der Waals surface area contributed by atoms with Crippen LogP contribution >= 0.6 is 0 Å². The lowest BCUT2D eigenvalue weighted by Gasteiger charge is -2.22. The van der Waals surface area contributed by atoms with E-state index in [1.165, 1.54) is 11.9 Å². The molecule has 0 spiro atoms. The first-order valence-electron chi connectivity index (χ1n) is 6.49. The Balaban J connectivity index is 2.74. The minimum atomic E-state index is -1.22. The number of aromatic nitrogens is 2. The van der Waals surface area contributed by atoms with Crippen LogP contribution in [0.25, 0.3) is 0 Å². The molecular formula is C13H18N4O4. The molecule has 114 valence electrons. The van der Waals surface area contributed by atoms with Crippen LogP contribution in [0.3, 0.4) is 0 Å². The Morgan fingerprint density at radius 1 is 1.10 bits per heavy atom. The molecule has 8 nitrogen and oxygen atoms in total. The highest BCUT2D eigenvalue weighted by atomic mass is 16.4. The van der Waals surface area contributed by atoms with E-state index in [1.807, 2.05) is 13.8 Å². The Morgan fingerprint density at radius 2 is 1.62 bits per heavy atom. The first kappa shape index (κ1) is 16.5. The molecule has 0 aliphatic carbocycles. The van der Waals surface area contributed by atoms with E-state index in [2.05, 4.69) is 9.97 Å². The molecule has 1 aromatic rings. The molecule has 1 aromatic heterocycles. The minimum Gasteiger partial charge on any atom is -0.476 e. The number of carboxylic acids is 1. The van der Waals surface area contributed by atoms with Crippen LogP contribution in [0.1, 0.15) is 34.8 Å². The normalized spacial score (nSPS) is 10.0. The zero-order valence-corrected chi connectivity index (χ0v) is 12.2. The molecular weight excluding hydrogens is 276 g/mol. The number of carboxylic acid groups (broad SMARTS) is 1. The molecule has 1 N–H and O–H groups in total. The van der Waals surface area contributed by atoms with Gasteiger partial charge in [-0.15, -0.1) is 0 Å². The molecule has 0 radical (unpaired) electrons. The van der Waals surface area contributed by atoms with Crippen LogP contribution in [0, 0.1) is 0 Å². The first-order chi connectivity index (χ1) is 9.90. The van der Waals surface area contributed by atoms with Gasteiger partial charge in [-0.2, -0.15) is 0 Å². The molecule has 0 atom stereocenters. The summed E-state index contributed by atoms with van der Waals surface area (Å²) < 4.78 is 0. The van der Waals surface area contributed by atoms with E-state index in [0.717, 1.165) is 12.4 Å². The van der Waals surface area contributed by atoms with E-state index in [-0.39, 0.29) is 23.8 Å². The molecule has 0 aromatic carbocycles. The summed E-state index contributed by atoms with van der Waals surface area (Å²) in [4.78, 5) is 44.9. The summed E-state index contributed by atoms with van der Waals surface area (Å²) >= 11 is 0. The maximum absolute atomic E-state index is 12.1. The van der Waals surface area contributed by atoms with Crippen molar-refractivity contribution in [3.63, 3.8) is 0 Å². The minimum absolute atomic E-state index is 0.00477. The van der Waals surface area contributed by atoms with Crippen LogP contribution in [0.2, 0.25) is 0 Å². The largest absolute Gasteiger partial charge is 0.476 e. The molecule has 8 heteroatoms. The number of carbonyl (C=O) groups excluding carboxylic acids is 2. The Labute approximate surface area is 122 Å². The number of rotatable bonds is 6. The van der Waals surface area contributed by atoms with Gasteiger partial charge in [-0.3, -0.25) is 9.59 Å². The summed E-state index contributed by atoms with van der Waals surface area (Å²) in [5.41, 5.74) is -0.247. The summed E-state index contributed by atoms with van der Waals surface area (Å²) in [5.74, 6) is -1.86. The zero-order chi connectivity index (χ0) is 16.0. The van der Waals surface area contributed by atoms with Crippen LogP contribution in [-0.2, 0) is 4.79 Å². The van der Waals surface area contributed by atoms with Crippen molar-refractivity contribution in [2.45, 2.75) is 13.8 Å². The number of likely N-dealkylation sites (N-methyl/N-ethyl adjacent to an activating group) is 2. The maximum Gasteiger partial charge on any atom is 0.356 e. The Kier molecular flexibility index (Phi) is 5.77. The monoisotopic (exact) mass is 294 g/mol. The van der Waals surface area contributed by atoms with Gasteiger partial charge in [0.25, 0.3) is 5.91 Å². The Morgan fingerprint density at radius 3 is 2.05 bits per heavy atom. The topological polar surface area (TPSA) is 104 Å². The van der Waals surface area contributed by atoms with E-state index < -0.39 is 11.9 Å². The molecule has 0 aliphatic rings. The first-order valence-corrected chi connectivity index (χ1v) is 6.49. The molecule has 2 amide bonds. The number of amides is 2. The maximum atomic E-state index is 12.1. The Bertz CT molecular complexity index is 525. The van der Waals surface area contributed by atoms with E-state index in [0.29, 0.717) is 13.1 Å². The smallest absolute Gasteiger partial charge is 0.356 e. The highest BCUT2D eigenvalue weighted by molar-refractivity contribution is 5.95. The van der Waals surface area contributed by atoms with Gasteiger partial charge in [-0.05, 0) is 13.8 Å². The average Bonchev–Trinajstić information content (AvgIpc) is 2.47. The van der Waals surface area contributed by atoms with Gasteiger partial charge >= 0.3 is 5.97 Å². The number of hydrogen-bond acceptors (Lipinski definition) is 5. The van der Waals surface area contributed by atoms with Crippen molar-refractivity contribution >= 4 is 17.8 Å². The summed E-state index contributed by atoms with van der Waals surface area (Å²) in [6, 6.07) is 0. The van der Waals surface area contributed by atoms with Gasteiger partial charge in [0, 0.05) is 20.1 Å². The van der Waals surface area contributed by atoms with Crippen LogP contribution < -0.4 is 0 Å². The van der Waals surface area contributed by atoms with Crippen LogP contribution in [0.15, 0.2) is 12.4 Å². The molecule has 0 saturated carbocycles. The van der Waals surface area contributed by atoms with Gasteiger partial charge in [-0.25, -0.2) is 14.8 Å². The predicted molar refractivity (Wildman–Crippen MR) is 73.9 cm³/mol. The fraction of sp³-hybridized carbons (Fsp3) is 0.462. The van der Waals surface area contributed by atoms with Gasteiger partial charge in [0.1, 0.15) is 5.69 Å². The SMILES string of the molecule is CCN(CC)C(=O)CN(C)C(=O)c1cnc(C(=O)O)cn1. The number of hydrogen-bond donors (Lipinski definition) is 1. The highest BCUT2D eigenvalue weighted by Crippen LogP contribution is 2.01. The summed E-state index contributed by atoms with van der Waals surface area (Å²) in [6.07, 6.45) is 2.10. The average molecular weight is 294 g/mol. The molecule has 21 heavy (non-hydrogen) atoms. The van der Waals surface area contributed by atoms with Crippen LogP contribution in [-0.4, -0.2) is 69.3 Å². The van der Waals surface area contributed by atoms with Crippen molar-refractivity contribution in [1.29, 1.82) is 0 Å². The fourth-order valence-corrected chi connectivity index (χ4v) is 1.70. The van der Waals surface area contributed by atoms with Crippen LogP contribution in [0.4, 0.5) is 0 Å². The Hall–Kier alpha value is -2.51. The van der Waals surface area contributed by atoms with Crippen molar-refractivity contribution < 1.29 is 19.5 Å². The van der Waals surface area contributed by atoms with E-state index in [9.17, 15) is 14.4 Å². The van der Waals surface area contributed by atoms with Crippen molar-refractivity contribution in [3.05, 3.63) is 23.8 Å². The van der Waals surface area contributed by atoms with Gasteiger partial charge in [0.15, 0.2) is 5.69 Å². The molecule has 0 fully saturated rings. The molecule has 0 unspecified atom stereocenters. The third kappa shape index (κ3) is 4.23. The lowest BCUT2D eigenvalue weighted by molar-refractivity contribution is -0.131. The van der Waals surface area contributed by atoms with E-state index in [1.54, 1.807) is 4.90 Å². The van der Waals surface area contributed by atoms with E-state index >= 15 is 0 Å². The molecule has 0 bridgehead atoms. The second-order valence-electron chi connectivity index (χ2n) is 4.32. The number of aromatic carboxylic acids is 1. The van der Waals surface area contributed by atoms with Crippen molar-refractivity contribution in [2.75, 3.05) is 26.7 Å². The second-order valence-corrected chi connectivity index (χ2v) is 4.32. The number of nitrogens with zero attached hydrogens (tertiary/aromatic N) is 4. The summed E-state index contributed by atoms with van der Waals surface area (Å²) in [6.45, 7) is 4.80. The van der Waals surface area contributed by atoms with E-state index in [4.69, 9.17) is 5.11 Å². The van der Waals surface area contributed by atoms with Gasteiger partial charge in [0.2, 0.25) is 5.91 Å². The van der Waals surface area contributed by atoms with Crippen molar-refractivity contribution in [2.24, 2.45) is 0 Å². The lowest BCUT2D eigenvalue weighted by atomic mass is 10.3. The van der Waals surface area contributed by atoms with Gasteiger partial charge in [-0.1, -0.05) is 0 Å². The van der Waals surface area contributed by atoms with Gasteiger partial charge in [0.05, 0.1) is 18.9 Å². The third-order valence-corrected chi connectivity index (χ3v) is 2.93. The predicted octanol–water partition coefficient (Wildman–Crippen LogP) is 0.115. The zero-order valence-electron chi connectivity index (χ0n) is 12.2. The van der Waals surface area contributed by atoms with Crippen LogP contribution in [0.5, 0.6) is 0 Å². The molecule has 0 saturated heterocycles. The summed E-state index contributed by atoms with van der Waals surface area (Å²) in [7, 11) is 1.48. The quantitative estimate of drug-likeness (QED) is 0.799. The number of carbonyl (C=O) groups is 3. The molecule has 1 heterocycles. The molecule has 1 rings (SSSR count). The molecule has 0 aliphatic heterocycles. The summed E-state index contributed by atoms with van der Waals surface area (Å²) in [5, 5.41) is 8.71. The standard InChI is InChI=1S/C13H18N4O4/c1-4-17(5-2)11(18)8-16(3)12(19)9-6-15-10(7-14-9)13(20)21/h6-7H,4-5,8H2,1-3H3,(H,20,21). The fourth-order valence-electron chi connectivity index (χ4n) is 1.70. The highest BCUT2D eigenvalue weighted by Gasteiger charge is 2.19. The second kappa shape index (κ2) is 7.32. The lowest BCUT2D eigenvalue weighted by Crippen LogP contribution is -2.41. The third-order valence-electron chi connectivity index (χ3n) is 2.93.